The molecule has 1 rings (SSSR count). The van der Waals surface area contributed by atoms with Crippen molar-refractivity contribution >= 4 is 15.7 Å². The van der Waals surface area contributed by atoms with Crippen LogP contribution < -0.4 is 9.46 Å². The highest BCUT2D eigenvalue weighted by atomic mass is 32.2. The van der Waals surface area contributed by atoms with Crippen LogP contribution in [0.15, 0.2) is 35.7 Å². The van der Waals surface area contributed by atoms with Crippen molar-refractivity contribution < 1.29 is 13.2 Å². The molecule has 0 saturated heterocycles. The molecule has 4 nitrogen and oxygen atoms in total. The second kappa shape index (κ2) is 4.84. The van der Waals surface area contributed by atoms with Gasteiger partial charge in [-0.05, 0) is 31.2 Å². The molecule has 82 valence electrons. The van der Waals surface area contributed by atoms with Crippen LogP contribution in [-0.2, 0) is 10.0 Å². The number of anilines is 1. The molecule has 0 amide bonds. The summed E-state index contributed by atoms with van der Waals surface area (Å²) in [5.41, 5.74) is 0.508. The first-order chi connectivity index (χ1) is 7.07. The van der Waals surface area contributed by atoms with Gasteiger partial charge < -0.3 is 4.74 Å². The number of allylic oxidation sites excluding steroid dienone is 1. The molecule has 0 aliphatic carbocycles. The van der Waals surface area contributed by atoms with Crippen LogP contribution in [0.2, 0.25) is 0 Å². The van der Waals surface area contributed by atoms with Crippen LogP contribution in [0.25, 0.3) is 0 Å². The predicted octanol–water partition coefficient (Wildman–Crippen LogP) is 1.97. The highest BCUT2D eigenvalue weighted by Crippen LogP contribution is 2.16. The van der Waals surface area contributed by atoms with Gasteiger partial charge in [0, 0.05) is 11.1 Å². The Labute approximate surface area is 89.6 Å². The summed E-state index contributed by atoms with van der Waals surface area (Å²) in [6.07, 6.45) is 1.46. The number of rotatable bonds is 4. The van der Waals surface area contributed by atoms with Crippen LogP contribution in [0.1, 0.15) is 6.92 Å². The number of methoxy groups -OCH3 is 1. The van der Waals surface area contributed by atoms with Crippen molar-refractivity contribution in [3.63, 3.8) is 0 Å². The van der Waals surface area contributed by atoms with E-state index in [-0.39, 0.29) is 0 Å². The van der Waals surface area contributed by atoms with Crippen molar-refractivity contribution in [2.24, 2.45) is 0 Å². The Morgan fingerprint density at radius 2 is 1.87 bits per heavy atom. The largest absolute Gasteiger partial charge is 0.497 e. The molecule has 0 aliphatic heterocycles. The molecule has 0 saturated carbocycles. The van der Waals surface area contributed by atoms with Crippen molar-refractivity contribution in [1.29, 1.82) is 0 Å². The standard InChI is InChI=1S/C10H13NO3S/c1-3-8-15(12,13)11-9-4-6-10(14-2)7-5-9/h3-8,11H,1-2H3. The zero-order valence-corrected chi connectivity index (χ0v) is 9.41. The molecule has 0 bridgehead atoms. The lowest BCUT2D eigenvalue weighted by Gasteiger charge is -2.05. The van der Waals surface area contributed by atoms with Crippen molar-refractivity contribution in [2.75, 3.05) is 11.8 Å². The molecule has 0 spiro atoms. The monoisotopic (exact) mass is 227 g/mol. The molecule has 0 aliphatic rings. The molecule has 1 N–H and O–H groups in total. The molecule has 0 heterocycles. The lowest BCUT2D eigenvalue weighted by Crippen LogP contribution is -2.08. The molecule has 0 aromatic heterocycles. The van der Waals surface area contributed by atoms with Gasteiger partial charge in [-0.15, -0.1) is 0 Å². The van der Waals surface area contributed by atoms with Gasteiger partial charge in [-0.2, -0.15) is 0 Å². The Balaban J connectivity index is 2.82. The van der Waals surface area contributed by atoms with Crippen molar-refractivity contribution in [3.8, 4) is 5.75 Å². The Kier molecular flexibility index (Phi) is 3.74. The van der Waals surface area contributed by atoms with E-state index in [0.717, 1.165) is 5.41 Å². The number of ether oxygens (including phenoxy) is 1. The van der Waals surface area contributed by atoms with E-state index in [1.54, 1.807) is 38.3 Å². The van der Waals surface area contributed by atoms with E-state index in [1.807, 2.05) is 0 Å². The number of benzene rings is 1. The first-order valence-corrected chi connectivity index (χ1v) is 5.91. The lowest BCUT2D eigenvalue weighted by atomic mass is 10.3. The molecule has 15 heavy (non-hydrogen) atoms. The summed E-state index contributed by atoms with van der Waals surface area (Å²) >= 11 is 0. The highest BCUT2D eigenvalue weighted by molar-refractivity contribution is 7.95. The summed E-state index contributed by atoms with van der Waals surface area (Å²) in [7, 11) is -1.82. The van der Waals surface area contributed by atoms with Gasteiger partial charge in [0.25, 0.3) is 10.0 Å². The fraction of sp³-hybridized carbons (Fsp3) is 0.200. The van der Waals surface area contributed by atoms with Gasteiger partial charge in [0.1, 0.15) is 5.75 Å². The predicted molar refractivity (Wildman–Crippen MR) is 60.4 cm³/mol. The minimum atomic E-state index is -3.38. The second-order valence-corrected chi connectivity index (χ2v) is 4.41. The maximum absolute atomic E-state index is 11.3. The molecule has 0 atom stereocenters. The molecule has 0 unspecified atom stereocenters. The third kappa shape index (κ3) is 3.63. The van der Waals surface area contributed by atoms with E-state index in [2.05, 4.69) is 4.72 Å². The third-order valence-corrected chi connectivity index (χ3v) is 2.82. The Bertz CT molecular complexity index is 434. The average molecular weight is 227 g/mol. The van der Waals surface area contributed by atoms with E-state index in [0.29, 0.717) is 11.4 Å². The van der Waals surface area contributed by atoms with Gasteiger partial charge in [-0.25, -0.2) is 8.42 Å². The van der Waals surface area contributed by atoms with Gasteiger partial charge >= 0.3 is 0 Å². The van der Waals surface area contributed by atoms with Gasteiger partial charge in [0.2, 0.25) is 0 Å². The number of sulfonamides is 1. The zero-order valence-electron chi connectivity index (χ0n) is 8.60. The molecule has 1 aromatic rings. The van der Waals surface area contributed by atoms with E-state index in [9.17, 15) is 8.42 Å². The van der Waals surface area contributed by atoms with Crippen LogP contribution in [0.4, 0.5) is 5.69 Å². The summed E-state index contributed by atoms with van der Waals surface area (Å²) in [6.45, 7) is 1.65. The first kappa shape index (κ1) is 11.6. The van der Waals surface area contributed by atoms with Crippen LogP contribution in [-0.4, -0.2) is 15.5 Å². The fourth-order valence-electron chi connectivity index (χ4n) is 1.04. The quantitative estimate of drug-likeness (QED) is 0.855. The van der Waals surface area contributed by atoms with Crippen LogP contribution in [0.5, 0.6) is 5.75 Å². The van der Waals surface area contributed by atoms with Gasteiger partial charge in [-0.1, -0.05) is 6.08 Å². The van der Waals surface area contributed by atoms with Gasteiger partial charge in [-0.3, -0.25) is 4.72 Å². The first-order valence-electron chi connectivity index (χ1n) is 4.37. The minimum Gasteiger partial charge on any atom is -0.497 e. The number of hydrogen-bond acceptors (Lipinski definition) is 3. The Hall–Kier alpha value is -1.49. The highest BCUT2D eigenvalue weighted by Gasteiger charge is 2.04. The smallest absolute Gasteiger partial charge is 0.254 e. The second-order valence-electron chi connectivity index (χ2n) is 2.84. The van der Waals surface area contributed by atoms with E-state index < -0.39 is 10.0 Å². The van der Waals surface area contributed by atoms with Crippen molar-refractivity contribution in [3.05, 3.63) is 35.7 Å². The molecule has 0 radical (unpaired) electrons. The summed E-state index contributed by atoms with van der Waals surface area (Å²) in [4.78, 5) is 0. The van der Waals surface area contributed by atoms with Crippen LogP contribution in [0, 0.1) is 0 Å². The summed E-state index contributed by atoms with van der Waals surface area (Å²) in [6, 6.07) is 6.65. The Morgan fingerprint density at radius 3 is 2.33 bits per heavy atom. The normalized spacial score (nSPS) is 11.6. The molecule has 1 aromatic carbocycles. The summed E-state index contributed by atoms with van der Waals surface area (Å²) in [5, 5.41) is 1.11. The lowest BCUT2D eigenvalue weighted by molar-refractivity contribution is 0.415. The topological polar surface area (TPSA) is 55.4 Å². The average Bonchev–Trinajstić information content (AvgIpc) is 2.18. The number of nitrogens with one attached hydrogen (secondary N) is 1. The van der Waals surface area contributed by atoms with Crippen molar-refractivity contribution in [1.82, 2.24) is 0 Å². The SMILES string of the molecule is CC=CS(=O)(=O)Nc1ccc(OC)cc1. The molecule has 5 heteroatoms. The van der Waals surface area contributed by atoms with Gasteiger partial charge in [0.05, 0.1) is 7.11 Å². The Morgan fingerprint density at radius 1 is 1.27 bits per heavy atom. The molecule has 0 fully saturated rings. The summed E-state index contributed by atoms with van der Waals surface area (Å²) < 4.78 is 30.0. The number of hydrogen-bond donors (Lipinski definition) is 1. The summed E-state index contributed by atoms with van der Waals surface area (Å²) in [5.74, 6) is 0.684. The van der Waals surface area contributed by atoms with Crippen LogP contribution >= 0.6 is 0 Å². The molecular formula is C10H13NO3S. The maximum Gasteiger partial charge on any atom is 0.254 e. The van der Waals surface area contributed by atoms with Crippen LogP contribution in [0.3, 0.4) is 0 Å². The van der Waals surface area contributed by atoms with Crippen molar-refractivity contribution in [2.45, 2.75) is 6.92 Å². The minimum absolute atomic E-state index is 0.508. The fourth-order valence-corrected chi connectivity index (χ4v) is 1.93. The van der Waals surface area contributed by atoms with E-state index in [1.165, 1.54) is 6.08 Å². The third-order valence-electron chi connectivity index (χ3n) is 1.67. The molecular weight excluding hydrogens is 214 g/mol. The van der Waals surface area contributed by atoms with E-state index in [4.69, 9.17) is 4.74 Å². The maximum atomic E-state index is 11.3. The zero-order chi connectivity index (χ0) is 11.3. The van der Waals surface area contributed by atoms with Gasteiger partial charge in [0.15, 0.2) is 0 Å². The van der Waals surface area contributed by atoms with E-state index >= 15 is 0 Å².